The third-order valence-electron chi connectivity index (χ3n) is 3.90. The molecule has 2 heterocycles. The fraction of sp³-hybridized carbons (Fsp3) is 0.294. The molecule has 0 atom stereocenters. The SMILES string of the molecule is COC(=O)Nc1ccc(N2CCN(c3ccccc3)CC2)nc1. The van der Waals surface area contributed by atoms with Crippen molar-refractivity contribution in [2.75, 3.05) is 48.4 Å². The quantitative estimate of drug-likeness (QED) is 0.944. The zero-order valence-corrected chi connectivity index (χ0v) is 13.1. The molecule has 120 valence electrons. The summed E-state index contributed by atoms with van der Waals surface area (Å²) < 4.78 is 4.56. The molecule has 6 heteroatoms. The van der Waals surface area contributed by atoms with Crippen LogP contribution >= 0.6 is 0 Å². The molecular formula is C17H20N4O2. The highest BCUT2D eigenvalue weighted by Gasteiger charge is 2.18. The van der Waals surface area contributed by atoms with Gasteiger partial charge in [0.25, 0.3) is 0 Å². The van der Waals surface area contributed by atoms with E-state index in [0.717, 1.165) is 32.0 Å². The highest BCUT2D eigenvalue weighted by atomic mass is 16.5. The summed E-state index contributed by atoms with van der Waals surface area (Å²) in [4.78, 5) is 20.2. The summed E-state index contributed by atoms with van der Waals surface area (Å²) in [6.45, 7) is 3.78. The summed E-state index contributed by atoms with van der Waals surface area (Å²) >= 11 is 0. The number of ether oxygens (including phenoxy) is 1. The molecule has 1 amide bonds. The van der Waals surface area contributed by atoms with Crippen molar-refractivity contribution in [1.29, 1.82) is 0 Å². The van der Waals surface area contributed by atoms with Gasteiger partial charge in [0.2, 0.25) is 0 Å². The van der Waals surface area contributed by atoms with Gasteiger partial charge in [0, 0.05) is 31.9 Å². The molecule has 0 unspecified atom stereocenters. The molecule has 23 heavy (non-hydrogen) atoms. The second-order valence-electron chi connectivity index (χ2n) is 5.33. The first-order valence-corrected chi connectivity index (χ1v) is 7.62. The Bertz CT molecular complexity index is 637. The average molecular weight is 312 g/mol. The van der Waals surface area contributed by atoms with Gasteiger partial charge in [-0.05, 0) is 24.3 Å². The number of pyridine rings is 1. The van der Waals surface area contributed by atoms with E-state index in [0.29, 0.717) is 5.69 Å². The number of carbonyl (C=O) groups is 1. The highest BCUT2D eigenvalue weighted by Crippen LogP contribution is 2.19. The lowest BCUT2D eigenvalue weighted by atomic mass is 10.2. The van der Waals surface area contributed by atoms with Gasteiger partial charge in [-0.2, -0.15) is 0 Å². The summed E-state index contributed by atoms with van der Waals surface area (Å²) in [5, 5.41) is 2.60. The van der Waals surface area contributed by atoms with E-state index >= 15 is 0 Å². The Kier molecular flexibility index (Phi) is 4.61. The molecule has 1 fully saturated rings. The topological polar surface area (TPSA) is 57.7 Å². The van der Waals surface area contributed by atoms with Crippen molar-refractivity contribution >= 4 is 23.3 Å². The van der Waals surface area contributed by atoms with Gasteiger partial charge in [-0.3, -0.25) is 5.32 Å². The van der Waals surface area contributed by atoms with E-state index in [2.05, 4.69) is 49.1 Å². The van der Waals surface area contributed by atoms with Crippen LogP contribution in [-0.2, 0) is 4.74 Å². The Balaban J connectivity index is 1.58. The number of piperazine rings is 1. The first-order valence-electron chi connectivity index (χ1n) is 7.62. The molecule has 1 aromatic carbocycles. The summed E-state index contributed by atoms with van der Waals surface area (Å²) in [5.41, 5.74) is 1.89. The van der Waals surface area contributed by atoms with Crippen LogP contribution in [-0.4, -0.2) is 44.4 Å². The average Bonchev–Trinajstić information content (AvgIpc) is 2.63. The maximum absolute atomic E-state index is 11.2. The van der Waals surface area contributed by atoms with Crippen molar-refractivity contribution in [2.24, 2.45) is 0 Å². The van der Waals surface area contributed by atoms with Gasteiger partial charge in [-0.25, -0.2) is 9.78 Å². The summed E-state index contributed by atoms with van der Waals surface area (Å²) in [6.07, 6.45) is 1.16. The zero-order valence-electron chi connectivity index (χ0n) is 13.1. The predicted octanol–water partition coefficient (Wildman–Crippen LogP) is 2.59. The molecule has 1 aliphatic heterocycles. The Morgan fingerprint density at radius 1 is 1.04 bits per heavy atom. The maximum Gasteiger partial charge on any atom is 0.411 e. The van der Waals surface area contributed by atoms with Crippen LogP contribution in [0, 0.1) is 0 Å². The third-order valence-corrected chi connectivity index (χ3v) is 3.90. The van der Waals surface area contributed by atoms with E-state index < -0.39 is 6.09 Å². The van der Waals surface area contributed by atoms with Crippen LogP contribution in [0.5, 0.6) is 0 Å². The van der Waals surface area contributed by atoms with E-state index in [4.69, 9.17) is 0 Å². The molecule has 1 aliphatic rings. The maximum atomic E-state index is 11.2. The van der Waals surface area contributed by atoms with Gasteiger partial charge in [0.15, 0.2) is 0 Å². The lowest BCUT2D eigenvalue weighted by Gasteiger charge is -2.36. The molecule has 3 rings (SSSR count). The van der Waals surface area contributed by atoms with Crippen LogP contribution in [0.25, 0.3) is 0 Å². The monoisotopic (exact) mass is 312 g/mol. The number of nitrogens with one attached hydrogen (secondary N) is 1. The molecular weight excluding hydrogens is 292 g/mol. The molecule has 0 aliphatic carbocycles. The third kappa shape index (κ3) is 3.71. The van der Waals surface area contributed by atoms with E-state index in [-0.39, 0.29) is 0 Å². The number of aromatic nitrogens is 1. The molecule has 1 saturated heterocycles. The normalized spacial score (nSPS) is 14.5. The number of benzene rings is 1. The number of rotatable bonds is 3. The molecule has 0 spiro atoms. The van der Waals surface area contributed by atoms with Gasteiger partial charge in [0.05, 0.1) is 19.0 Å². The van der Waals surface area contributed by atoms with E-state index in [9.17, 15) is 4.79 Å². The Hall–Kier alpha value is -2.76. The van der Waals surface area contributed by atoms with Crippen LogP contribution in [0.15, 0.2) is 48.7 Å². The fourth-order valence-corrected chi connectivity index (χ4v) is 2.65. The predicted molar refractivity (Wildman–Crippen MR) is 91.1 cm³/mol. The van der Waals surface area contributed by atoms with E-state index in [1.54, 1.807) is 6.20 Å². The van der Waals surface area contributed by atoms with Gasteiger partial charge in [0.1, 0.15) is 5.82 Å². The summed E-state index contributed by atoms with van der Waals surface area (Å²) in [5.74, 6) is 0.924. The van der Waals surface area contributed by atoms with Crippen LogP contribution in [0.1, 0.15) is 0 Å². The number of hydrogen-bond donors (Lipinski definition) is 1. The van der Waals surface area contributed by atoms with Crippen molar-refractivity contribution in [3.05, 3.63) is 48.7 Å². The minimum atomic E-state index is -0.490. The number of amides is 1. The van der Waals surface area contributed by atoms with Gasteiger partial charge in [-0.1, -0.05) is 18.2 Å². The first-order chi connectivity index (χ1) is 11.3. The van der Waals surface area contributed by atoms with E-state index in [1.807, 2.05) is 18.2 Å². The zero-order chi connectivity index (χ0) is 16.1. The molecule has 0 saturated carbocycles. The molecule has 0 radical (unpaired) electrons. The van der Waals surface area contributed by atoms with Crippen molar-refractivity contribution in [3.8, 4) is 0 Å². The molecule has 0 bridgehead atoms. The van der Waals surface area contributed by atoms with Crippen molar-refractivity contribution < 1.29 is 9.53 Å². The Morgan fingerprint density at radius 2 is 1.74 bits per heavy atom. The lowest BCUT2D eigenvalue weighted by Crippen LogP contribution is -2.46. The minimum Gasteiger partial charge on any atom is -0.453 e. The van der Waals surface area contributed by atoms with Crippen LogP contribution in [0.3, 0.4) is 0 Å². The second-order valence-corrected chi connectivity index (χ2v) is 5.33. The number of para-hydroxylation sites is 1. The van der Waals surface area contributed by atoms with Crippen molar-refractivity contribution in [2.45, 2.75) is 0 Å². The fourth-order valence-electron chi connectivity index (χ4n) is 2.65. The second kappa shape index (κ2) is 7.00. The molecule has 1 aromatic heterocycles. The van der Waals surface area contributed by atoms with Crippen LogP contribution in [0.4, 0.5) is 22.0 Å². The number of hydrogen-bond acceptors (Lipinski definition) is 5. The van der Waals surface area contributed by atoms with Crippen LogP contribution < -0.4 is 15.1 Å². The van der Waals surface area contributed by atoms with Crippen molar-refractivity contribution in [3.63, 3.8) is 0 Å². The molecule has 6 nitrogen and oxygen atoms in total. The molecule has 2 aromatic rings. The summed E-state index contributed by atoms with van der Waals surface area (Å²) in [7, 11) is 1.34. The Morgan fingerprint density at radius 3 is 2.35 bits per heavy atom. The standard InChI is InChI=1S/C17H20N4O2/c1-23-17(22)19-14-7-8-16(18-13-14)21-11-9-20(10-12-21)15-5-3-2-4-6-15/h2-8,13H,9-12H2,1H3,(H,19,22). The van der Waals surface area contributed by atoms with E-state index in [1.165, 1.54) is 12.8 Å². The number of carbonyl (C=O) groups excluding carboxylic acids is 1. The lowest BCUT2D eigenvalue weighted by molar-refractivity contribution is 0.187. The number of anilines is 3. The van der Waals surface area contributed by atoms with Gasteiger partial charge >= 0.3 is 6.09 Å². The first kappa shape index (κ1) is 15.1. The van der Waals surface area contributed by atoms with Crippen molar-refractivity contribution in [1.82, 2.24) is 4.98 Å². The molecule has 1 N–H and O–H groups in total. The number of methoxy groups -OCH3 is 1. The smallest absolute Gasteiger partial charge is 0.411 e. The van der Waals surface area contributed by atoms with Gasteiger partial charge < -0.3 is 14.5 Å². The number of nitrogens with zero attached hydrogens (tertiary/aromatic N) is 3. The highest BCUT2D eigenvalue weighted by molar-refractivity contribution is 5.84. The Labute approximate surface area is 135 Å². The van der Waals surface area contributed by atoms with Gasteiger partial charge in [-0.15, -0.1) is 0 Å². The minimum absolute atomic E-state index is 0.490. The largest absolute Gasteiger partial charge is 0.453 e. The summed E-state index contributed by atoms with van der Waals surface area (Å²) in [6, 6.07) is 14.2. The van der Waals surface area contributed by atoms with Crippen LogP contribution in [0.2, 0.25) is 0 Å².